The molecule has 0 spiro atoms. The number of benzene rings is 2. The van der Waals surface area contributed by atoms with Crippen LogP contribution in [0.15, 0.2) is 64.4 Å². The van der Waals surface area contributed by atoms with Crippen LogP contribution in [0.5, 0.6) is 0 Å². The van der Waals surface area contributed by atoms with Crippen molar-refractivity contribution in [2.75, 3.05) is 6.01 Å². The summed E-state index contributed by atoms with van der Waals surface area (Å²) in [5.41, 5.74) is 1.71. The minimum atomic E-state index is -5.66. The quantitative estimate of drug-likeness (QED) is 0.238. The van der Waals surface area contributed by atoms with Crippen LogP contribution in [0.1, 0.15) is 33.3 Å². The highest BCUT2D eigenvalue weighted by atomic mass is 32.3. The molecule has 0 fully saturated rings. The van der Waals surface area contributed by atoms with Crippen molar-refractivity contribution in [2.24, 2.45) is 5.41 Å². The van der Waals surface area contributed by atoms with Gasteiger partial charge in [-0.1, -0.05) is 63.6 Å². The summed E-state index contributed by atoms with van der Waals surface area (Å²) in [5, 5.41) is 0. The van der Waals surface area contributed by atoms with E-state index >= 15 is 0 Å². The number of hydrogen-bond acceptors (Lipinski definition) is 4. The predicted octanol–water partition coefficient (Wildman–Crippen LogP) is 5.99. The SMILES string of the molecule is CC(C)(C)C.Cc1ccc([S+](CF)c2ccccc2)cc1.O=S(=O)([O-])OC(F)(F)F. The molecule has 2 aromatic rings. The Balaban J connectivity index is 0.000000509. The van der Waals surface area contributed by atoms with E-state index < -0.39 is 27.7 Å². The van der Waals surface area contributed by atoms with Gasteiger partial charge in [-0.2, -0.15) is 8.57 Å². The first-order chi connectivity index (χ1) is 13.5. The van der Waals surface area contributed by atoms with Gasteiger partial charge in [-0.3, -0.25) is 0 Å². The molecule has 0 bridgehead atoms. The Bertz CT molecular complexity index is 826. The van der Waals surface area contributed by atoms with E-state index in [9.17, 15) is 17.6 Å². The smallest absolute Gasteiger partial charge is 0.536 e. The summed E-state index contributed by atoms with van der Waals surface area (Å²) in [6.45, 7) is 10.8. The summed E-state index contributed by atoms with van der Waals surface area (Å²) >= 11 is 0. The first-order valence-corrected chi connectivity index (χ1v) is 11.4. The average molecular weight is 471 g/mol. The molecule has 0 heterocycles. The van der Waals surface area contributed by atoms with E-state index in [1.165, 1.54) is 5.56 Å². The van der Waals surface area contributed by atoms with Crippen LogP contribution in [0.2, 0.25) is 0 Å². The fourth-order valence-electron chi connectivity index (χ4n) is 1.67. The lowest BCUT2D eigenvalue weighted by Crippen LogP contribution is -2.18. The van der Waals surface area contributed by atoms with Gasteiger partial charge in [-0.15, -0.1) is 13.2 Å². The van der Waals surface area contributed by atoms with Crippen molar-refractivity contribution in [2.45, 2.75) is 50.8 Å². The summed E-state index contributed by atoms with van der Waals surface area (Å²) in [7, 11) is -6.09. The molecule has 4 nitrogen and oxygen atoms in total. The minimum Gasteiger partial charge on any atom is -0.725 e. The van der Waals surface area contributed by atoms with Crippen LogP contribution in [0.4, 0.5) is 17.6 Å². The summed E-state index contributed by atoms with van der Waals surface area (Å²) < 4.78 is 74.9. The van der Waals surface area contributed by atoms with Crippen LogP contribution >= 0.6 is 0 Å². The molecule has 0 radical (unpaired) electrons. The van der Waals surface area contributed by atoms with Gasteiger partial charge >= 0.3 is 6.36 Å². The van der Waals surface area contributed by atoms with Gasteiger partial charge in [-0.05, 0) is 36.6 Å². The number of halogens is 4. The largest absolute Gasteiger partial charge is 0.725 e. The zero-order valence-electron chi connectivity index (χ0n) is 17.4. The zero-order chi connectivity index (χ0) is 23.6. The second-order valence-electron chi connectivity index (χ2n) is 7.56. The predicted molar refractivity (Wildman–Crippen MR) is 109 cm³/mol. The molecule has 2 aromatic carbocycles. The van der Waals surface area contributed by atoms with Crippen LogP contribution in [0, 0.1) is 12.3 Å². The van der Waals surface area contributed by atoms with E-state index in [2.05, 4.69) is 27.7 Å². The molecule has 0 aliphatic carbocycles. The average Bonchev–Trinajstić information content (AvgIpc) is 2.54. The third kappa shape index (κ3) is 16.2. The van der Waals surface area contributed by atoms with E-state index in [1.807, 2.05) is 65.7 Å². The molecule has 2 rings (SSSR count). The van der Waals surface area contributed by atoms with Gasteiger partial charge in [-0.25, -0.2) is 8.42 Å². The summed E-state index contributed by atoms with van der Waals surface area (Å²) in [6.07, 6.45) is -5.42. The zero-order valence-corrected chi connectivity index (χ0v) is 19.0. The molecule has 0 saturated carbocycles. The third-order valence-electron chi connectivity index (χ3n) is 2.64. The molecular formula is C20H26F4O4S2. The summed E-state index contributed by atoms with van der Waals surface area (Å²) in [6, 6.07) is 17.6. The van der Waals surface area contributed by atoms with E-state index in [0.717, 1.165) is 9.79 Å². The van der Waals surface area contributed by atoms with Gasteiger partial charge in [0, 0.05) is 0 Å². The van der Waals surface area contributed by atoms with Crippen LogP contribution in [0.25, 0.3) is 0 Å². The molecule has 0 aliphatic heterocycles. The topological polar surface area (TPSA) is 66.4 Å². The Morgan fingerprint density at radius 3 is 1.60 bits per heavy atom. The Hall–Kier alpha value is -1.62. The molecule has 0 aliphatic rings. The lowest BCUT2D eigenvalue weighted by atomic mass is 10.0. The maximum Gasteiger partial charge on any atom is 0.536 e. The molecule has 1 unspecified atom stereocenters. The minimum absolute atomic E-state index is 0.326. The van der Waals surface area contributed by atoms with Crippen molar-refractivity contribution in [1.82, 2.24) is 0 Å². The number of rotatable bonds is 4. The van der Waals surface area contributed by atoms with Gasteiger partial charge < -0.3 is 4.55 Å². The Morgan fingerprint density at radius 1 is 0.900 bits per heavy atom. The molecule has 0 aromatic heterocycles. The normalized spacial score (nSPS) is 12.7. The van der Waals surface area contributed by atoms with Crippen LogP contribution in [-0.4, -0.2) is 25.3 Å². The molecular weight excluding hydrogens is 444 g/mol. The first-order valence-electron chi connectivity index (χ1n) is 8.63. The molecule has 10 heteroatoms. The van der Waals surface area contributed by atoms with Crippen molar-refractivity contribution < 1.29 is 34.7 Å². The van der Waals surface area contributed by atoms with Crippen LogP contribution < -0.4 is 0 Å². The maximum atomic E-state index is 13.1. The molecule has 30 heavy (non-hydrogen) atoms. The summed E-state index contributed by atoms with van der Waals surface area (Å²) in [4.78, 5) is 2.13. The van der Waals surface area contributed by atoms with E-state index in [1.54, 1.807) is 0 Å². The lowest BCUT2D eigenvalue weighted by Gasteiger charge is -2.08. The second-order valence-corrected chi connectivity index (χ2v) is 10.5. The van der Waals surface area contributed by atoms with Gasteiger partial charge in [0.25, 0.3) is 6.01 Å². The van der Waals surface area contributed by atoms with Crippen molar-refractivity contribution in [3.63, 3.8) is 0 Å². The number of hydrogen-bond donors (Lipinski definition) is 0. The highest BCUT2D eigenvalue weighted by Crippen LogP contribution is 2.24. The van der Waals surface area contributed by atoms with Crippen molar-refractivity contribution in [3.8, 4) is 0 Å². The Kier molecular flexibility index (Phi) is 11.6. The second kappa shape index (κ2) is 12.3. The summed E-state index contributed by atoms with van der Waals surface area (Å²) in [5.74, 6) is 0. The fraction of sp³-hybridized carbons (Fsp3) is 0.400. The monoisotopic (exact) mass is 470 g/mol. The maximum absolute atomic E-state index is 13.1. The van der Waals surface area contributed by atoms with Crippen LogP contribution in [0.3, 0.4) is 0 Å². The molecule has 1 atom stereocenters. The number of aryl methyl sites for hydroxylation is 1. The van der Waals surface area contributed by atoms with Gasteiger partial charge in [0.2, 0.25) is 10.4 Å². The van der Waals surface area contributed by atoms with Gasteiger partial charge in [0.05, 0.1) is 10.9 Å². The van der Waals surface area contributed by atoms with E-state index in [0.29, 0.717) is 5.41 Å². The van der Waals surface area contributed by atoms with E-state index in [-0.39, 0.29) is 6.01 Å². The van der Waals surface area contributed by atoms with Crippen molar-refractivity contribution in [3.05, 3.63) is 60.2 Å². The van der Waals surface area contributed by atoms with Gasteiger partial charge in [0.1, 0.15) is 0 Å². The van der Waals surface area contributed by atoms with E-state index in [4.69, 9.17) is 13.0 Å². The van der Waals surface area contributed by atoms with Crippen molar-refractivity contribution >= 4 is 21.3 Å². The molecule has 0 saturated heterocycles. The standard InChI is InChI=1S/C14H14FS.C5H12.CHF3O4S/c1-12-7-9-14(10-8-12)16(11-15)13-5-3-2-4-6-13;1-5(2,3)4;2-1(3,4)8-9(5,6)7/h2-10H,11H2,1H3;1-4H3;(H,5,6,7)/q+1;;/p-1. The Labute approximate surface area is 178 Å². The molecule has 0 amide bonds. The van der Waals surface area contributed by atoms with Crippen molar-refractivity contribution in [1.29, 1.82) is 0 Å². The first kappa shape index (κ1) is 28.4. The highest BCUT2D eigenvalue weighted by Gasteiger charge is 2.32. The molecule has 170 valence electrons. The molecule has 0 N–H and O–H groups in total. The van der Waals surface area contributed by atoms with Crippen LogP contribution in [-0.2, 0) is 25.5 Å². The Morgan fingerprint density at radius 2 is 1.30 bits per heavy atom. The highest BCUT2D eigenvalue weighted by molar-refractivity contribution is 7.96. The third-order valence-corrected chi connectivity index (χ3v) is 4.93. The van der Waals surface area contributed by atoms with Gasteiger partial charge in [0.15, 0.2) is 9.79 Å². The number of alkyl halides is 4. The lowest BCUT2D eigenvalue weighted by molar-refractivity contribution is -0.275. The fourth-order valence-corrected chi connectivity index (χ4v) is 3.37.